The monoisotopic (exact) mass is 338 g/mol. The van der Waals surface area contributed by atoms with Crippen molar-refractivity contribution in [2.45, 2.75) is 19.4 Å². The molecule has 1 aliphatic heterocycles. The Hall–Kier alpha value is -3.15. The highest BCUT2D eigenvalue weighted by Gasteiger charge is 2.29. The van der Waals surface area contributed by atoms with Gasteiger partial charge in [0.15, 0.2) is 5.78 Å². The van der Waals surface area contributed by atoms with Crippen LogP contribution in [-0.4, -0.2) is 30.6 Å². The fourth-order valence-electron chi connectivity index (χ4n) is 2.51. The van der Waals surface area contributed by atoms with Crippen LogP contribution in [-0.2, 0) is 9.63 Å². The van der Waals surface area contributed by atoms with E-state index < -0.39 is 6.10 Å². The second-order valence-electron chi connectivity index (χ2n) is 5.69. The predicted molar refractivity (Wildman–Crippen MR) is 94.1 cm³/mol. The van der Waals surface area contributed by atoms with Gasteiger partial charge in [0.1, 0.15) is 5.75 Å². The lowest BCUT2D eigenvalue weighted by Crippen LogP contribution is -2.28. The molecule has 0 saturated heterocycles. The highest BCUT2D eigenvalue weighted by Crippen LogP contribution is 2.21. The van der Waals surface area contributed by atoms with Crippen molar-refractivity contribution in [1.29, 1.82) is 0 Å². The molecule has 0 fully saturated rings. The van der Waals surface area contributed by atoms with Crippen molar-refractivity contribution in [3.63, 3.8) is 0 Å². The van der Waals surface area contributed by atoms with Crippen LogP contribution in [0.1, 0.15) is 29.3 Å². The van der Waals surface area contributed by atoms with E-state index in [2.05, 4.69) is 10.5 Å². The van der Waals surface area contributed by atoms with Crippen molar-refractivity contribution in [1.82, 2.24) is 0 Å². The molecular formula is C19H18N2O4. The summed E-state index contributed by atoms with van der Waals surface area (Å²) < 4.78 is 5.12. The molecule has 0 saturated carbocycles. The molecule has 0 bridgehead atoms. The highest BCUT2D eigenvalue weighted by molar-refractivity contribution is 6.06. The number of nitrogens with zero attached hydrogens (tertiary/aromatic N) is 1. The minimum atomic E-state index is -0.696. The second kappa shape index (κ2) is 7.17. The summed E-state index contributed by atoms with van der Waals surface area (Å²) in [5, 5.41) is 6.77. The first-order chi connectivity index (χ1) is 12.1. The van der Waals surface area contributed by atoms with Gasteiger partial charge in [-0.15, -0.1) is 0 Å². The maximum Gasteiger partial charge on any atom is 0.268 e. The van der Waals surface area contributed by atoms with Crippen molar-refractivity contribution in [2.24, 2.45) is 5.16 Å². The lowest BCUT2D eigenvalue weighted by atomic mass is 10.0. The number of anilines is 1. The third-order valence-corrected chi connectivity index (χ3v) is 3.92. The first kappa shape index (κ1) is 16.7. The summed E-state index contributed by atoms with van der Waals surface area (Å²) in [5.41, 5.74) is 2.69. The smallest absolute Gasteiger partial charge is 0.268 e. The zero-order valence-electron chi connectivity index (χ0n) is 14.0. The van der Waals surface area contributed by atoms with Gasteiger partial charge in [0.25, 0.3) is 5.91 Å². The number of carbonyl (C=O) groups excluding carboxylic acids is 2. The van der Waals surface area contributed by atoms with E-state index in [0.717, 1.165) is 11.3 Å². The van der Waals surface area contributed by atoms with Crippen molar-refractivity contribution >= 4 is 23.1 Å². The summed E-state index contributed by atoms with van der Waals surface area (Å²) in [6.07, 6.45) is -0.317. The number of oxime groups is 1. The van der Waals surface area contributed by atoms with Crippen molar-refractivity contribution in [3.8, 4) is 5.75 Å². The molecule has 0 unspecified atom stereocenters. The number of hydrogen-bond donors (Lipinski definition) is 1. The van der Waals surface area contributed by atoms with Crippen molar-refractivity contribution in [2.75, 3.05) is 12.4 Å². The first-order valence-corrected chi connectivity index (χ1v) is 7.86. The predicted octanol–water partition coefficient (Wildman–Crippen LogP) is 3.03. The van der Waals surface area contributed by atoms with E-state index >= 15 is 0 Å². The maximum absolute atomic E-state index is 12.4. The van der Waals surface area contributed by atoms with Crippen LogP contribution < -0.4 is 10.1 Å². The average Bonchev–Trinajstić information content (AvgIpc) is 3.12. The third-order valence-electron chi connectivity index (χ3n) is 3.92. The molecule has 0 radical (unpaired) electrons. The molecule has 0 aromatic heterocycles. The third kappa shape index (κ3) is 3.85. The molecule has 1 atom stereocenters. The van der Waals surface area contributed by atoms with Crippen LogP contribution in [0.2, 0.25) is 0 Å². The number of amides is 1. The number of ketones is 1. The van der Waals surface area contributed by atoms with E-state index in [1.165, 1.54) is 6.92 Å². The zero-order chi connectivity index (χ0) is 17.8. The second-order valence-corrected chi connectivity index (χ2v) is 5.69. The number of hydrogen-bond acceptors (Lipinski definition) is 5. The number of nitrogens with one attached hydrogen (secondary N) is 1. The number of carbonyl (C=O) groups is 2. The van der Waals surface area contributed by atoms with Gasteiger partial charge in [0.2, 0.25) is 6.10 Å². The Morgan fingerprint density at radius 1 is 1.20 bits per heavy atom. The van der Waals surface area contributed by atoms with Crippen molar-refractivity contribution in [3.05, 3.63) is 59.7 Å². The molecule has 1 aliphatic rings. The van der Waals surface area contributed by atoms with Gasteiger partial charge in [-0.3, -0.25) is 9.59 Å². The first-order valence-electron chi connectivity index (χ1n) is 7.86. The van der Waals surface area contributed by atoms with E-state index in [9.17, 15) is 9.59 Å². The maximum atomic E-state index is 12.4. The Kier molecular flexibility index (Phi) is 4.79. The lowest BCUT2D eigenvalue weighted by Gasteiger charge is -2.10. The van der Waals surface area contributed by atoms with Crippen molar-refractivity contribution < 1.29 is 19.2 Å². The van der Waals surface area contributed by atoms with Gasteiger partial charge >= 0.3 is 0 Å². The Bertz CT molecular complexity index is 828. The van der Waals surface area contributed by atoms with E-state index in [4.69, 9.17) is 9.57 Å². The number of rotatable bonds is 5. The van der Waals surface area contributed by atoms with E-state index in [1.807, 2.05) is 24.3 Å². The molecule has 0 aliphatic carbocycles. The fourth-order valence-corrected chi connectivity index (χ4v) is 2.51. The lowest BCUT2D eigenvalue weighted by molar-refractivity contribution is -0.125. The summed E-state index contributed by atoms with van der Waals surface area (Å²) in [4.78, 5) is 29.0. The SMILES string of the molecule is COc1ccc(C2=NO[C@@H](C(=O)Nc3cccc(C(C)=O)c3)C2)cc1. The van der Waals surface area contributed by atoms with Gasteiger partial charge < -0.3 is 14.9 Å². The largest absolute Gasteiger partial charge is 0.497 e. The summed E-state index contributed by atoms with van der Waals surface area (Å²) in [7, 11) is 1.60. The van der Waals surface area contributed by atoms with Crippen LogP contribution in [0.25, 0.3) is 0 Å². The highest BCUT2D eigenvalue weighted by atomic mass is 16.6. The topological polar surface area (TPSA) is 77.0 Å². The quantitative estimate of drug-likeness (QED) is 0.850. The van der Waals surface area contributed by atoms with Gasteiger partial charge in [-0.2, -0.15) is 0 Å². The Balaban J connectivity index is 1.63. The molecule has 6 nitrogen and oxygen atoms in total. The molecule has 0 spiro atoms. The summed E-state index contributed by atoms with van der Waals surface area (Å²) in [6.45, 7) is 1.48. The molecule has 2 aromatic rings. The number of benzene rings is 2. The minimum absolute atomic E-state index is 0.0571. The van der Waals surface area contributed by atoms with Crippen LogP contribution in [0.5, 0.6) is 5.75 Å². The minimum Gasteiger partial charge on any atom is -0.497 e. The van der Waals surface area contributed by atoms with E-state index in [1.54, 1.807) is 31.4 Å². The van der Waals surface area contributed by atoms with E-state index in [0.29, 0.717) is 23.4 Å². The number of methoxy groups -OCH3 is 1. The Labute approximate surface area is 145 Å². The Morgan fingerprint density at radius 3 is 2.64 bits per heavy atom. The zero-order valence-corrected chi connectivity index (χ0v) is 14.0. The number of ether oxygens (including phenoxy) is 1. The van der Waals surface area contributed by atoms with Crippen LogP contribution in [0.15, 0.2) is 53.7 Å². The van der Waals surface area contributed by atoms with Crippen LogP contribution in [0.4, 0.5) is 5.69 Å². The molecule has 25 heavy (non-hydrogen) atoms. The normalized spacial score (nSPS) is 15.9. The summed E-state index contributed by atoms with van der Waals surface area (Å²) >= 11 is 0. The molecule has 1 amide bonds. The molecule has 1 heterocycles. The molecule has 128 valence electrons. The fraction of sp³-hybridized carbons (Fsp3) is 0.211. The average molecular weight is 338 g/mol. The number of Topliss-reactive ketones (excluding diaryl/α,β-unsaturated/α-hetero) is 1. The van der Waals surface area contributed by atoms with Crippen LogP contribution >= 0.6 is 0 Å². The molecule has 6 heteroatoms. The molecular weight excluding hydrogens is 320 g/mol. The van der Waals surface area contributed by atoms with Gasteiger partial charge in [-0.05, 0) is 48.9 Å². The summed E-state index contributed by atoms with van der Waals surface area (Å²) in [6, 6.07) is 14.2. The van der Waals surface area contributed by atoms with Gasteiger partial charge in [0.05, 0.1) is 12.8 Å². The summed E-state index contributed by atoms with van der Waals surface area (Å²) in [5.74, 6) is 0.397. The van der Waals surface area contributed by atoms with E-state index in [-0.39, 0.29) is 11.7 Å². The van der Waals surface area contributed by atoms with Crippen LogP contribution in [0, 0.1) is 0 Å². The van der Waals surface area contributed by atoms with Crippen LogP contribution in [0.3, 0.4) is 0 Å². The molecule has 3 rings (SSSR count). The molecule has 2 aromatic carbocycles. The molecule has 1 N–H and O–H groups in total. The standard InChI is InChI=1S/C19H18N2O4/c1-12(22)14-4-3-5-15(10-14)20-19(23)18-11-17(21-25-18)13-6-8-16(24-2)9-7-13/h3-10,18H,11H2,1-2H3,(H,20,23)/t18-/m1/s1. The Morgan fingerprint density at radius 2 is 1.96 bits per heavy atom. The van der Waals surface area contributed by atoms with Gasteiger partial charge in [-0.1, -0.05) is 17.3 Å². The van der Waals surface area contributed by atoms with Gasteiger partial charge in [0, 0.05) is 17.7 Å². The van der Waals surface area contributed by atoms with Gasteiger partial charge in [-0.25, -0.2) is 0 Å².